The zero-order valence-electron chi connectivity index (χ0n) is 9.09. The zero-order valence-corrected chi connectivity index (χ0v) is 10.7. The number of nitrogens with one attached hydrogen (secondary N) is 1. The van der Waals surface area contributed by atoms with E-state index in [-0.39, 0.29) is 5.91 Å². The van der Waals surface area contributed by atoms with Crippen LogP contribution in [0.25, 0.3) is 0 Å². The molecule has 0 aliphatic heterocycles. The second-order valence-electron chi connectivity index (χ2n) is 3.41. The molecule has 0 unspecified atom stereocenters. The summed E-state index contributed by atoms with van der Waals surface area (Å²) in [6.07, 6.45) is 3.16. The van der Waals surface area contributed by atoms with E-state index >= 15 is 0 Å². The molecule has 2 rings (SSSR count). The molecule has 2 aromatic rings. The molecule has 0 aromatic carbocycles. The first-order chi connectivity index (χ1) is 8.16. The van der Waals surface area contributed by atoms with Crippen molar-refractivity contribution in [2.45, 2.75) is 6.54 Å². The molecule has 1 N–H and O–H groups in total. The van der Waals surface area contributed by atoms with Crippen LogP contribution in [0.3, 0.4) is 0 Å². The molecular weight excluding hydrogens is 286 g/mol. The van der Waals surface area contributed by atoms with Crippen LogP contribution in [0, 0.1) is 0 Å². The molecule has 88 valence electrons. The topological polar surface area (TPSA) is 72.7 Å². The first-order valence-corrected chi connectivity index (χ1v) is 5.69. The van der Waals surface area contributed by atoms with E-state index < -0.39 is 0 Å². The van der Waals surface area contributed by atoms with Gasteiger partial charge in [-0.2, -0.15) is 0 Å². The molecule has 2 heterocycles. The van der Waals surface area contributed by atoms with Crippen LogP contribution in [0.1, 0.15) is 16.2 Å². The highest BCUT2D eigenvalue weighted by Gasteiger charge is 2.07. The highest BCUT2D eigenvalue weighted by Crippen LogP contribution is 2.07. The molecule has 0 saturated heterocycles. The molecule has 0 spiro atoms. The van der Waals surface area contributed by atoms with Crippen LogP contribution in [-0.4, -0.2) is 25.7 Å². The Kier molecular flexibility index (Phi) is 3.48. The summed E-state index contributed by atoms with van der Waals surface area (Å²) < 4.78 is 2.38. The first kappa shape index (κ1) is 11.7. The Morgan fingerprint density at radius 1 is 1.59 bits per heavy atom. The van der Waals surface area contributed by atoms with Gasteiger partial charge in [0.2, 0.25) is 0 Å². The highest BCUT2D eigenvalue weighted by atomic mass is 79.9. The van der Waals surface area contributed by atoms with Gasteiger partial charge in [-0.15, -0.1) is 10.2 Å². The first-order valence-electron chi connectivity index (χ1n) is 4.89. The van der Waals surface area contributed by atoms with E-state index in [1.165, 1.54) is 0 Å². The van der Waals surface area contributed by atoms with Gasteiger partial charge in [0.05, 0.1) is 6.54 Å². The number of nitrogens with zero attached hydrogens (tertiary/aromatic N) is 4. The second kappa shape index (κ2) is 5.05. The van der Waals surface area contributed by atoms with E-state index in [2.05, 4.69) is 36.4 Å². The number of aryl methyl sites for hydroxylation is 1. The van der Waals surface area contributed by atoms with Crippen molar-refractivity contribution in [3.63, 3.8) is 0 Å². The quantitative estimate of drug-likeness (QED) is 0.854. The van der Waals surface area contributed by atoms with Crippen LogP contribution in [0.15, 0.2) is 29.3 Å². The SMILES string of the molecule is Cn1cnnc1CNC(=O)c1ccnc(Br)c1. The number of hydrogen-bond donors (Lipinski definition) is 1. The van der Waals surface area contributed by atoms with E-state index in [0.717, 1.165) is 0 Å². The number of pyridine rings is 1. The number of hydrogen-bond acceptors (Lipinski definition) is 4. The maximum atomic E-state index is 11.8. The monoisotopic (exact) mass is 295 g/mol. The number of halogens is 1. The molecule has 17 heavy (non-hydrogen) atoms. The van der Waals surface area contributed by atoms with Crippen molar-refractivity contribution < 1.29 is 4.79 Å². The molecule has 7 heteroatoms. The fourth-order valence-corrected chi connectivity index (χ4v) is 1.64. The molecule has 0 atom stereocenters. The maximum absolute atomic E-state index is 11.8. The molecule has 0 bridgehead atoms. The van der Waals surface area contributed by atoms with Crippen molar-refractivity contribution in [2.24, 2.45) is 7.05 Å². The minimum Gasteiger partial charge on any atom is -0.345 e. The number of carbonyl (C=O) groups excluding carboxylic acids is 1. The largest absolute Gasteiger partial charge is 0.345 e. The Morgan fingerprint density at radius 2 is 2.41 bits per heavy atom. The molecule has 6 nitrogen and oxygen atoms in total. The van der Waals surface area contributed by atoms with Gasteiger partial charge in [-0.1, -0.05) is 0 Å². The van der Waals surface area contributed by atoms with Crippen molar-refractivity contribution >= 4 is 21.8 Å². The van der Waals surface area contributed by atoms with Gasteiger partial charge in [0.15, 0.2) is 5.82 Å². The third-order valence-electron chi connectivity index (χ3n) is 2.20. The number of amides is 1. The molecule has 0 aliphatic rings. The molecule has 0 radical (unpaired) electrons. The van der Waals surface area contributed by atoms with Gasteiger partial charge in [0.25, 0.3) is 5.91 Å². The van der Waals surface area contributed by atoms with Crippen molar-refractivity contribution in [2.75, 3.05) is 0 Å². The van der Waals surface area contributed by atoms with Crippen LogP contribution in [-0.2, 0) is 13.6 Å². The third kappa shape index (κ3) is 2.88. The molecule has 2 aromatic heterocycles. The molecule has 0 saturated carbocycles. The van der Waals surface area contributed by atoms with Gasteiger partial charge >= 0.3 is 0 Å². The lowest BCUT2D eigenvalue weighted by atomic mass is 10.2. The summed E-state index contributed by atoms with van der Waals surface area (Å²) in [5, 5.41) is 10.4. The molecule has 0 aliphatic carbocycles. The smallest absolute Gasteiger partial charge is 0.251 e. The van der Waals surface area contributed by atoms with E-state index in [1.807, 2.05) is 7.05 Å². The summed E-state index contributed by atoms with van der Waals surface area (Å²) in [4.78, 5) is 15.7. The van der Waals surface area contributed by atoms with Gasteiger partial charge in [-0.3, -0.25) is 4.79 Å². The average molecular weight is 296 g/mol. The Balaban J connectivity index is 2.01. The summed E-state index contributed by atoms with van der Waals surface area (Å²) in [6.45, 7) is 0.343. The van der Waals surface area contributed by atoms with E-state index in [9.17, 15) is 4.79 Å². The number of carbonyl (C=O) groups is 1. The van der Waals surface area contributed by atoms with Crippen molar-refractivity contribution in [3.05, 3.63) is 40.6 Å². The van der Waals surface area contributed by atoms with Crippen LogP contribution in [0.5, 0.6) is 0 Å². The minimum atomic E-state index is -0.170. The van der Waals surface area contributed by atoms with Crippen molar-refractivity contribution in [1.82, 2.24) is 25.1 Å². The number of rotatable bonds is 3. The van der Waals surface area contributed by atoms with Crippen LogP contribution in [0.4, 0.5) is 0 Å². The molecule has 1 amide bonds. The third-order valence-corrected chi connectivity index (χ3v) is 2.63. The Morgan fingerprint density at radius 3 is 3.06 bits per heavy atom. The van der Waals surface area contributed by atoms with E-state index in [4.69, 9.17) is 0 Å². The predicted octanol–water partition coefficient (Wildman–Crippen LogP) is 0.903. The normalized spacial score (nSPS) is 10.2. The van der Waals surface area contributed by atoms with E-state index in [1.54, 1.807) is 29.2 Å². The van der Waals surface area contributed by atoms with Crippen molar-refractivity contribution in [3.8, 4) is 0 Å². The van der Waals surface area contributed by atoms with Gasteiger partial charge in [-0.25, -0.2) is 4.98 Å². The summed E-state index contributed by atoms with van der Waals surface area (Å²) >= 11 is 3.21. The Bertz CT molecular complexity index is 539. The average Bonchev–Trinajstić information content (AvgIpc) is 2.72. The standard InChI is InChI=1S/C10H10BrN5O/c1-16-6-14-15-9(16)5-13-10(17)7-2-3-12-8(11)4-7/h2-4,6H,5H2,1H3,(H,13,17). The molecular formula is C10H10BrN5O. The highest BCUT2D eigenvalue weighted by molar-refractivity contribution is 9.10. The van der Waals surface area contributed by atoms with E-state index in [0.29, 0.717) is 22.5 Å². The van der Waals surface area contributed by atoms with Crippen LogP contribution >= 0.6 is 15.9 Å². The number of aromatic nitrogens is 4. The van der Waals surface area contributed by atoms with Crippen molar-refractivity contribution in [1.29, 1.82) is 0 Å². The lowest BCUT2D eigenvalue weighted by molar-refractivity contribution is 0.0949. The summed E-state index contributed by atoms with van der Waals surface area (Å²) in [5.41, 5.74) is 0.550. The Hall–Kier alpha value is -1.76. The lowest BCUT2D eigenvalue weighted by Crippen LogP contribution is -2.24. The van der Waals surface area contributed by atoms with Gasteiger partial charge in [0.1, 0.15) is 10.9 Å². The fourth-order valence-electron chi connectivity index (χ4n) is 1.27. The zero-order chi connectivity index (χ0) is 12.3. The van der Waals surface area contributed by atoms with Gasteiger partial charge < -0.3 is 9.88 Å². The molecule has 0 fully saturated rings. The van der Waals surface area contributed by atoms with Gasteiger partial charge in [0, 0.05) is 18.8 Å². The van der Waals surface area contributed by atoms with Gasteiger partial charge in [-0.05, 0) is 28.1 Å². The second-order valence-corrected chi connectivity index (χ2v) is 4.22. The summed E-state index contributed by atoms with van der Waals surface area (Å²) in [6, 6.07) is 3.31. The summed E-state index contributed by atoms with van der Waals surface area (Å²) in [7, 11) is 1.82. The lowest BCUT2D eigenvalue weighted by Gasteiger charge is -2.04. The van der Waals surface area contributed by atoms with Crippen LogP contribution < -0.4 is 5.32 Å². The minimum absolute atomic E-state index is 0.170. The summed E-state index contributed by atoms with van der Waals surface area (Å²) in [5.74, 6) is 0.530. The Labute approximate surface area is 106 Å². The predicted molar refractivity (Wildman–Crippen MR) is 64.1 cm³/mol. The fraction of sp³-hybridized carbons (Fsp3) is 0.200. The maximum Gasteiger partial charge on any atom is 0.251 e. The van der Waals surface area contributed by atoms with Crippen LogP contribution in [0.2, 0.25) is 0 Å².